The molecule has 0 radical (unpaired) electrons. The minimum Gasteiger partial charge on any atom is -0.350 e. The van der Waals surface area contributed by atoms with Gasteiger partial charge in [-0.15, -0.1) is 0 Å². The lowest BCUT2D eigenvalue weighted by Crippen LogP contribution is -2.26. The first-order valence-corrected chi connectivity index (χ1v) is 5.79. The fourth-order valence-corrected chi connectivity index (χ4v) is 1.45. The summed E-state index contributed by atoms with van der Waals surface area (Å²) in [4.78, 5) is 15.6. The van der Waals surface area contributed by atoms with Crippen molar-refractivity contribution in [3.05, 3.63) is 30.1 Å². The van der Waals surface area contributed by atoms with Crippen LogP contribution in [-0.2, 0) is 4.79 Å². The molecule has 0 aromatic carbocycles. The molecular formula is C13H20N2O. The number of nitrogens with one attached hydrogen (secondary N) is 1. The molecule has 16 heavy (non-hydrogen) atoms. The zero-order valence-electron chi connectivity index (χ0n) is 10.2. The number of hydrogen-bond donors (Lipinski definition) is 1. The summed E-state index contributed by atoms with van der Waals surface area (Å²) in [5.41, 5.74) is 1.04. The molecule has 1 atom stereocenters. The molecule has 1 heterocycles. The van der Waals surface area contributed by atoms with E-state index in [1.165, 1.54) is 0 Å². The van der Waals surface area contributed by atoms with Crippen LogP contribution in [-0.4, -0.2) is 10.9 Å². The minimum atomic E-state index is 0.0355. The summed E-state index contributed by atoms with van der Waals surface area (Å²) < 4.78 is 0. The van der Waals surface area contributed by atoms with E-state index in [4.69, 9.17) is 0 Å². The van der Waals surface area contributed by atoms with Crippen LogP contribution < -0.4 is 5.32 Å². The predicted octanol–water partition coefficient (Wildman–Crippen LogP) is 2.70. The number of nitrogens with zero attached hydrogens (tertiary/aromatic N) is 1. The number of amides is 1. The fraction of sp³-hybridized carbons (Fsp3) is 0.538. The van der Waals surface area contributed by atoms with E-state index in [2.05, 4.69) is 24.1 Å². The summed E-state index contributed by atoms with van der Waals surface area (Å²) >= 11 is 0. The standard InChI is InChI=1S/C13H20N2O/c1-10(2)6-7-13(16)15-11(3)12-5-4-8-14-9-12/h4-5,8-11H,6-7H2,1-3H3,(H,15,16). The Morgan fingerprint density at radius 3 is 2.75 bits per heavy atom. The predicted molar refractivity (Wildman–Crippen MR) is 64.9 cm³/mol. The maximum atomic E-state index is 11.6. The molecule has 3 heteroatoms. The average Bonchev–Trinajstić information content (AvgIpc) is 2.27. The molecule has 0 saturated carbocycles. The van der Waals surface area contributed by atoms with Crippen LogP contribution in [0.15, 0.2) is 24.5 Å². The molecule has 0 saturated heterocycles. The molecule has 0 aliphatic carbocycles. The first-order valence-electron chi connectivity index (χ1n) is 5.79. The number of carbonyl (C=O) groups is 1. The van der Waals surface area contributed by atoms with E-state index in [0.717, 1.165) is 12.0 Å². The van der Waals surface area contributed by atoms with Gasteiger partial charge in [0.2, 0.25) is 5.91 Å². The van der Waals surface area contributed by atoms with Gasteiger partial charge in [0.05, 0.1) is 6.04 Å². The summed E-state index contributed by atoms with van der Waals surface area (Å²) in [6.07, 6.45) is 5.05. The van der Waals surface area contributed by atoms with E-state index in [1.54, 1.807) is 12.4 Å². The first-order chi connectivity index (χ1) is 7.59. The van der Waals surface area contributed by atoms with Crippen LogP contribution in [0.5, 0.6) is 0 Å². The van der Waals surface area contributed by atoms with Gasteiger partial charge < -0.3 is 5.32 Å². The molecule has 0 spiro atoms. The van der Waals surface area contributed by atoms with Crippen LogP contribution in [0, 0.1) is 5.92 Å². The molecular weight excluding hydrogens is 200 g/mol. The lowest BCUT2D eigenvalue weighted by molar-refractivity contribution is -0.122. The van der Waals surface area contributed by atoms with E-state index in [1.807, 2.05) is 19.1 Å². The molecule has 1 aromatic rings. The van der Waals surface area contributed by atoms with Crippen LogP contribution >= 0.6 is 0 Å². The van der Waals surface area contributed by atoms with E-state index in [9.17, 15) is 4.79 Å². The van der Waals surface area contributed by atoms with E-state index in [-0.39, 0.29) is 11.9 Å². The lowest BCUT2D eigenvalue weighted by Gasteiger charge is -2.14. The second-order valence-electron chi connectivity index (χ2n) is 4.51. The lowest BCUT2D eigenvalue weighted by atomic mass is 10.1. The molecule has 0 fully saturated rings. The van der Waals surface area contributed by atoms with Crippen LogP contribution in [0.1, 0.15) is 45.2 Å². The van der Waals surface area contributed by atoms with Gasteiger partial charge in [-0.05, 0) is 30.9 Å². The number of pyridine rings is 1. The van der Waals surface area contributed by atoms with E-state index < -0.39 is 0 Å². The van der Waals surface area contributed by atoms with Gasteiger partial charge in [0.15, 0.2) is 0 Å². The minimum absolute atomic E-state index is 0.0355. The van der Waals surface area contributed by atoms with Crippen molar-refractivity contribution < 1.29 is 4.79 Å². The maximum absolute atomic E-state index is 11.6. The third-order valence-corrected chi connectivity index (χ3v) is 2.51. The van der Waals surface area contributed by atoms with Crippen molar-refractivity contribution in [2.75, 3.05) is 0 Å². The Kier molecular flexibility index (Phi) is 4.96. The molecule has 3 nitrogen and oxygen atoms in total. The molecule has 1 rings (SSSR count). The normalized spacial score (nSPS) is 12.5. The highest BCUT2D eigenvalue weighted by molar-refractivity contribution is 5.76. The fourth-order valence-electron chi connectivity index (χ4n) is 1.45. The Bertz CT molecular complexity index is 322. The molecule has 88 valence electrons. The third kappa shape index (κ3) is 4.43. The van der Waals surface area contributed by atoms with Crippen molar-refractivity contribution in [2.24, 2.45) is 5.92 Å². The molecule has 1 aromatic heterocycles. The van der Waals surface area contributed by atoms with Gasteiger partial charge in [0, 0.05) is 18.8 Å². The van der Waals surface area contributed by atoms with Crippen molar-refractivity contribution >= 4 is 5.91 Å². The second kappa shape index (κ2) is 6.26. The van der Waals surface area contributed by atoms with E-state index >= 15 is 0 Å². The van der Waals surface area contributed by atoms with Crippen molar-refractivity contribution in [3.63, 3.8) is 0 Å². The van der Waals surface area contributed by atoms with Crippen LogP contribution in [0.3, 0.4) is 0 Å². The van der Waals surface area contributed by atoms with Crippen LogP contribution in [0.2, 0.25) is 0 Å². The van der Waals surface area contributed by atoms with Crippen LogP contribution in [0.25, 0.3) is 0 Å². The van der Waals surface area contributed by atoms with E-state index in [0.29, 0.717) is 12.3 Å². The Labute approximate surface area is 97.3 Å². The Morgan fingerprint density at radius 1 is 1.44 bits per heavy atom. The average molecular weight is 220 g/mol. The molecule has 0 aliphatic rings. The maximum Gasteiger partial charge on any atom is 0.220 e. The zero-order valence-corrected chi connectivity index (χ0v) is 10.2. The summed E-state index contributed by atoms with van der Waals surface area (Å²) in [5, 5.41) is 2.97. The smallest absolute Gasteiger partial charge is 0.220 e. The number of rotatable bonds is 5. The number of hydrogen-bond acceptors (Lipinski definition) is 2. The highest BCUT2D eigenvalue weighted by Crippen LogP contribution is 2.11. The highest BCUT2D eigenvalue weighted by atomic mass is 16.1. The first kappa shape index (κ1) is 12.7. The molecule has 1 N–H and O–H groups in total. The van der Waals surface area contributed by atoms with Crippen molar-refractivity contribution in [3.8, 4) is 0 Å². The monoisotopic (exact) mass is 220 g/mol. The SMILES string of the molecule is CC(C)CCC(=O)NC(C)c1cccnc1. The Morgan fingerprint density at radius 2 is 2.19 bits per heavy atom. The summed E-state index contributed by atoms with van der Waals surface area (Å²) in [5.74, 6) is 0.685. The van der Waals surface area contributed by atoms with Gasteiger partial charge in [-0.2, -0.15) is 0 Å². The topological polar surface area (TPSA) is 42.0 Å². The zero-order chi connectivity index (χ0) is 12.0. The van der Waals surface area contributed by atoms with Gasteiger partial charge in [0.25, 0.3) is 0 Å². The van der Waals surface area contributed by atoms with Gasteiger partial charge in [0.1, 0.15) is 0 Å². The molecule has 0 bridgehead atoms. The van der Waals surface area contributed by atoms with Crippen molar-refractivity contribution in [2.45, 2.75) is 39.7 Å². The molecule has 1 unspecified atom stereocenters. The largest absolute Gasteiger partial charge is 0.350 e. The van der Waals surface area contributed by atoms with Crippen LogP contribution in [0.4, 0.5) is 0 Å². The Balaban J connectivity index is 2.40. The summed E-state index contributed by atoms with van der Waals surface area (Å²) in [6.45, 7) is 6.22. The van der Waals surface area contributed by atoms with Gasteiger partial charge >= 0.3 is 0 Å². The highest BCUT2D eigenvalue weighted by Gasteiger charge is 2.09. The van der Waals surface area contributed by atoms with Gasteiger partial charge in [-0.3, -0.25) is 9.78 Å². The second-order valence-corrected chi connectivity index (χ2v) is 4.51. The van der Waals surface area contributed by atoms with Gasteiger partial charge in [-0.25, -0.2) is 0 Å². The molecule has 0 aliphatic heterocycles. The molecule has 1 amide bonds. The number of carbonyl (C=O) groups excluding carboxylic acids is 1. The van der Waals surface area contributed by atoms with Crippen molar-refractivity contribution in [1.29, 1.82) is 0 Å². The number of aromatic nitrogens is 1. The van der Waals surface area contributed by atoms with Crippen molar-refractivity contribution in [1.82, 2.24) is 10.3 Å². The third-order valence-electron chi connectivity index (χ3n) is 2.51. The Hall–Kier alpha value is -1.38. The summed E-state index contributed by atoms with van der Waals surface area (Å²) in [7, 11) is 0. The quantitative estimate of drug-likeness (QED) is 0.829. The van der Waals surface area contributed by atoms with Gasteiger partial charge in [-0.1, -0.05) is 19.9 Å². The summed E-state index contributed by atoms with van der Waals surface area (Å²) in [6, 6.07) is 3.89.